The summed E-state index contributed by atoms with van der Waals surface area (Å²) in [6, 6.07) is 4.18. The van der Waals surface area contributed by atoms with E-state index >= 15 is 0 Å². The second-order valence-corrected chi connectivity index (χ2v) is 5.03. The molecule has 1 aliphatic rings. The van der Waals surface area contributed by atoms with Gasteiger partial charge in [-0.3, -0.25) is 9.59 Å². The number of amides is 2. The van der Waals surface area contributed by atoms with Gasteiger partial charge >= 0.3 is 0 Å². The summed E-state index contributed by atoms with van der Waals surface area (Å²) in [7, 11) is 0. The van der Waals surface area contributed by atoms with E-state index in [1.165, 1.54) is 23.1 Å². The van der Waals surface area contributed by atoms with Crippen molar-refractivity contribution in [3.8, 4) is 0 Å². The SMILES string of the molecule is CCC(=O)N1CCN(C(=O)c2c(F)cccc2Cl)CC1. The lowest BCUT2D eigenvalue weighted by atomic mass is 10.1. The van der Waals surface area contributed by atoms with E-state index in [0.29, 0.717) is 32.6 Å². The van der Waals surface area contributed by atoms with Crippen molar-refractivity contribution in [2.45, 2.75) is 13.3 Å². The number of carbonyl (C=O) groups is 2. The average molecular weight is 299 g/mol. The lowest BCUT2D eigenvalue weighted by molar-refractivity contribution is -0.132. The molecule has 6 heteroatoms. The Hall–Kier alpha value is -1.62. The number of piperazine rings is 1. The van der Waals surface area contributed by atoms with E-state index in [1.807, 2.05) is 0 Å². The first-order chi connectivity index (χ1) is 9.54. The molecule has 2 rings (SSSR count). The molecule has 1 saturated heterocycles. The summed E-state index contributed by atoms with van der Waals surface area (Å²) in [6.07, 6.45) is 0.451. The molecule has 1 heterocycles. The molecule has 1 aromatic carbocycles. The molecule has 0 aliphatic carbocycles. The minimum absolute atomic E-state index is 0.0704. The minimum atomic E-state index is -0.616. The molecule has 1 aromatic rings. The maximum Gasteiger partial charge on any atom is 0.258 e. The lowest BCUT2D eigenvalue weighted by Gasteiger charge is -2.34. The van der Waals surface area contributed by atoms with Crippen LogP contribution < -0.4 is 0 Å². The van der Waals surface area contributed by atoms with Crippen molar-refractivity contribution in [1.82, 2.24) is 9.80 Å². The molecule has 0 atom stereocenters. The van der Waals surface area contributed by atoms with Crippen molar-refractivity contribution in [1.29, 1.82) is 0 Å². The van der Waals surface area contributed by atoms with Gasteiger partial charge in [-0.2, -0.15) is 0 Å². The van der Waals surface area contributed by atoms with Gasteiger partial charge in [0.15, 0.2) is 0 Å². The van der Waals surface area contributed by atoms with Crippen LogP contribution in [0, 0.1) is 5.82 Å². The number of benzene rings is 1. The molecule has 2 amide bonds. The molecular formula is C14H16ClFN2O2. The van der Waals surface area contributed by atoms with Gasteiger partial charge in [0.2, 0.25) is 5.91 Å². The summed E-state index contributed by atoms with van der Waals surface area (Å²) in [5.74, 6) is -0.965. The fourth-order valence-electron chi connectivity index (χ4n) is 2.24. The Kier molecular flexibility index (Phi) is 4.60. The Morgan fingerprint density at radius 2 is 1.80 bits per heavy atom. The molecule has 0 N–H and O–H groups in total. The van der Waals surface area contributed by atoms with Crippen molar-refractivity contribution in [3.63, 3.8) is 0 Å². The van der Waals surface area contributed by atoms with E-state index in [1.54, 1.807) is 11.8 Å². The number of carbonyl (C=O) groups excluding carboxylic acids is 2. The van der Waals surface area contributed by atoms with E-state index in [2.05, 4.69) is 0 Å². The van der Waals surface area contributed by atoms with Crippen molar-refractivity contribution in [2.24, 2.45) is 0 Å². The average Bonchev–Trinajstić information content (AvgIpc) is 2.46. The smallest absolute Gasteiger partial charge is 0.258 e. The lowest BCUT2D eigenvalue weighted by Crippen LogP contribution is -2.50. The van der Waals surface area contributed by atoms with Gasteiger partial charge < -0.3 is 9.80 Å². The minimum Gasteiger partial charge on any atom is -0.339 e. The van der Waals surface area contributed by atoms with Crippen LogP contribution in [0.5, 0.6) is 0 Å². The molecule has 1 fully saturated rings. The Balaban J connectivity index is 2.07. The second kappa shape index (κ2) is 6.22. The van der Waals surface area contributed by atoms with Gasteiger partial charge in [-0.05, 0) is 12.1 Å². The summed E-state index contributed by atoms with van der Waals surface area (Å²) in [6.45, 7) is 3.55. The maximum absolute atomic E-state index is 13.7. The van der Waals surface area contributed by atoms with Gasteiger partial charge in [0.25, 0.3) is 5.91 Å². The van der Waals surface area contributed by atoms with Crippen LogP contribution in [0.25, 0.3) is 0 Å². The van der Waals surface area contributed by atoms with Gasteiger partial charge in [-0.1, -0.05) is 24.6 Å². The second-order valence-electron chi connectivity index (χ2n) is 4.62. The van der Waals surface area contributed by atoms with E-state index in [0.717, 1.165) is 0 Å². The van der Waals surface area contributed by atoms with Crippen molar-refractivity contribution >= 4 is 23.4 Å². The van der Waals surface area contributed by atoms with Crippen LogP contribution in [0.2, 0.25) is 5.02 Å². The zero-order valence-electron chi connectivity index (χ0n) is 11.2. The Morgan fingerprint density at radius 1 is 1.20 bits per heavy atom. The monoisotopic (exact) mass is 298 g/mol. The van der Waals surface area contributed by atoms with Crippen LogP contribution in [0.15, 0.2) is 18.2 Å². The zero-order valence-corrected chi connectivity index (χ0v) is 12.0. The first kappa shape index (κ1) is 14.8. The largest absolute Gasteiger partial charge is 0.339 e. The van der Waals surface area contributed by atoms with Gasteiger partial charge in [0, 0.05) is 32.6 Å². The highest BCUT2D eigenvalue weighted by molar-refractivity contribution is 6.33. The third-order valence-electron chi connectivity index (χ3n) is 3.40. The van der Waals surface area contributed by atoms with Crippen LogP contribution in [-0.2, 0) is 4.79 Å². The van der Waals surface area contributed by atoms with Gasteiger partial charge in [-0.25, -0.2) is 4.39 Å². The van der Waals surface area contributed by atoms with E-state index in [-0.39, 0.29) is 16.5 Å². The number of hydrogen-bond donors (Lipinski definition) is 0. The molecule has 0 unspecified atom stereocenters. The highest BCUT2D eigenvalue weighted by atomic mass is 35.5. The highest BCUT2D eigenvalue weighted by Gasteiger charge is 2.26. The third kappa shape index (κ3) is 2.93. The van der Waals surface area contributed by atoms with Gasteiger partial charge in [0.05, 0.1) is 10.6 Å². The highest BCUT2D eigenvalue weighted by Crippen LogP contribution is 2.21. The third-order valence-corrected chi connectivity index (χ3v) is 3.71. The Morgan fingerprint density at radius 3 is 2.35 bits per heavy atom. The molecule has 0 spiro atoms. The fourth-order valence-corrected chi connectivity index (χ4v) is 2.49. The predicted molar refractivity (Wildman–Crippen MR) is 74.2 cm³/mol. The van der Waals surface area contributed by atoms with Crippen LogP contribution in [0.4, 0.5) is 4.39 Å². The van der Waals surface area contributed by atoms with Crippen molar-refractivity contribution < 1.29 is 14.0 Å². The Labute approximate surface area is 122 Å². The standard InChI is InChI=1S/C14H16ClFN2O2/c1-2-12(19)17-6-8-18(9-7-17)14(20)13-10(15)4-3-5-11(13)16/h3-5H,2,6-9H2,1H3. The summed E-state index contributed by atoms with van der Waals surface area (Å²) in [4.78, 5) is 27.1. The number of halogens is 2. The first-order valence-corrected chi connectivity index (χ1v) is 6.93. The van der Waals surface area contributed by atoms with E-state index in [9.17, 15) is 14.0 Å². The van der Waals surface area contributed by atoms with Crippen LogP contribution in [-0.4, -0.2) is 47.8 Å². The molecule has 20 heavy (non-hydrogen) atoms. The number of rotatable bonds is 2. The fraction of sp³-hybridized carbons (Fsp3) is 0.429. The normalized spacial score (nSPS) is 15.3. The molecule has 108 valence electrons. The van der Waals surface area contributed by atoms with Crippen molar-refractivity contribution in [3.05, 3.63) is 34.6 Å². The summed E-state index contributed by atoms with van der Waals surface area (Å²) in [5, 5.41) is 0.113. The Bertz CT molecular complexity index is 508. The van der Waals surface area contributed by atoms with Gasteiger partial charge in [0.1, 0.15) is 5.82 Å². The maximum atomic E-state index is 13.7. The summed E-state index contributed by atoms with van der Waals surface area (Å²) < 4.78 is 13.7. The number of nitrogens with zero attached hydrogens (tertiary/aromatic N) is 2. The van der Waals surface area contributed by atoms with E-state index < -0.39 is 11.7 Å². The van der Waals surface area contributed by atoms with Crippen LogP contribution >= 0.6 is 11.6 Å². The molecular weight excluding hydrogens is 283 g/mol. The first-order valence-electron chi connectivity index (χ1n) is 6.55. The summed E-state index contributed by atoms with van der Waals surface area (Å²) in [5.41, 5.74) is -0.0931. The molecule has 0 saturated carbocycles. The topological polar surface area (TPSA) is 40.6 Å². The van der Waals surface area contributed by atoms with Gasteiger partial charge in [-0.15, -0.1) is 0 Å². The molecule has 1 aliphatic heterocycles. The zero-order chi connectivity index (χ0) is 14.7. The van der Waals surface area contributed by atoms with Crippen molar-refractivity contribution in [2.75, 3.05) is 26.2 Å². The molecule has 0 aromatic heterocycles. The predicted octanol–water partition coefficient (Wildman–Crippen LogP) is 2.17. The molecule has 4 nitrogen and oxygen atoms in total. The quantitative estimate of drug-likeness (QED) is 0.839. The summed E-state index contributed by atoms with van der Waals surface area (Å²) >= 11 is 5.89. The van der Waals surface area contributed by atoms with E-state index in [4.69, 9.17) is 11.6 Å². The van der Waals surface area contributed by atoms with Crippen LogP contribution in [0.1, 0.15) is 23.7 Å². The molecule has 0 radical (unpaired) electrons. The molecule has 0 bridgehead atoms. The van der Waals surface area contributed by atoms with Crippen LogP contribution in [0.3, 0.4) is 0 Å². The number of hydrogen-bond acceptors (Lipinski definition) is 2.